The third kappa shape index (κ3) is 3.94. The van der Waals surface area contributed by atoms with Crippen molar-refractivity contribution in [1.82, 2.24) is 0 Å². The average Bonchev–Trinajstić information content (AvgIpc) is 2.17. The Hall–Kier alpha value is -1.03. The van der Waals surface area contributed by atoms with Gasteiger partial charge in [-0.15, -0.1) is 0 Å². The van der Waals surface area contributed by atoms with Crippen molar-refractivity contribution in [2.45, 2.75) is 39.0 Å². The molecule has 1 heteroatoms. The zero-order valence-corrected chi connectivity index (χ0v) is 8.18. The van der Waals surface area contributed by atoms with Gasteiger partial charge in [0.2, 0.25) is 0 Å². The third-order valence-electron chi connectivity index (χ3n) is 2.22. The standard InChI is InChI=1S/C12H16O/c1-11(9-10-13)7-8-12-5-3-2-4-6-12/h5,10-11H,2-4,6,9H2,1H3. The number of rotatable bonds is 2. The first-order valence-electron chi connectivity index (χ1n) is 4.97. The Morgan fingerprint density at radius 3 is 3.08 bits per heavy atom. The van der Waals surface area contributed by atoms with E-state index in [1.807, 2.05) is 6.92 Å². The quantitative estimate of drug-likeness (QED) is 0.467. The van der Waals surface area contributed by atoms with E-state index in [0.717, 1.165) is 12.7 Å². The van der Waals surface area contributed by atoms with Gasteiger partial charge in [0.25, 0.3) is 0 Å². The van der Waals surface area contributed by atoms with Crippen LogP contribution in [0.4, 0.5) is 0 Å². The van der Waals surface area contributed by atoms with Gasteiger partial charge < -0.3 is 4.79 Å². The van der Waals surface area contributed by atoms with E-state index in [4.69, 9.17) is 0 Å². The van der Waals surface area contributed by atoms with Crippen molar-refractivity contribution in [1.29, 1.82) is 0 Å². The van der Waals surface area contributed by atoms with Gasteiger partial charge >= 0.3 is 0 Å². The minimum Gasteiger partial charge on any atom is -0.303 e. The Kier molecular flexibility index (Phi) is 4.32. The van der Waals surface area contributed by atoms with Crippen LogP contribution in [0, 0.1) is 17.8 Å². The van der Waals surface area contributed by atoms with E-state index in [2.05, 4.69) is 17.9 Å². The van der Waals surface area contributed by atoms with Crippen LogP contribution in [0.25, 0.3) is 0 Å². The lowest BCUT2D eigenvalue weighted by Crippen LogP contribution is -1.92. The summed E-state index contributed by atoms with van der Waals surface area (Å²) in [5, 5.41) is 0. The number of aldehydes is 1. The second-order valence-corrected chi connectivity index (χ2v) is 3.55. The molecule has 70 valence electrons. The molecule has 0 aliphatic heterocycles. The highest BCUT2D eigenvalue weighted by Crippen LogP contribution is 2.16. The molecule has 0 aromatic rings. The van der Waals surface area contributed by atoms with Gasteiger partial charge in [0.1, 0.15) is 6.29 Å². The molecular formula is C12H16O. The Labute approximate surface area is 80.2 Å². The van der Waals surface area contributed by atoms with Crippen LogP contribution < -0.4 is 0 Å². The van der Waals surface area contributed by atoms with E-state index < -0.39 is 0 Å². The maximum atomic E-state index is 10.2. The summed E-state index contributed by atoms with van der Waals surface area (Å²) in [6.07, 6.45) is 8.59. The van der Waals surface area contributed by atoms with E-state index in [1.54, 1.807) is 0 Å². The van der Waals surface area contributed by atoms with Crippen LogP contribution in [-0.2, 0) is 4.79 Å². The number of carbonyl (C=O) groups is 1. The minimum atomic E-state index is 0.209. The number of hydrogen-bond donors (Lipinski definition) is 0. The first-order valence-corrected chi connectivity index (χ1v) is 4.97. The van der Waals surface area contributed by atoms with Crippen molar-refractivity contribution in [3.8, 4) is 11.8 Å². The fourth-order valence-corrected chi connectivity index (χ4v) is 1.37. The van der Waals surface area contributed by atoms with E-state index in [9.17, 15) is 4.79 Å². The first kappa shape index (κ1) is 10.1. The minimum absolute atomic E-state index is 0.209. The van der Waals surface area contributed by atoms with Crippen molar-refractivity contribution in [2.24, 2.45) is 5.92 Å². The second-order valence-electron chi connectivity index (χ2n) is 3.55. The van der Waals surface area contributed by atoms with E-state index in [1.165, 1.54) is 24.8 Å². The molecule has 0 N–H and O–H groups in total. The molecule has 13 heavy (non-hydrogen) atoms. The summed E-state index contributed by atoms with van der Waals surface area (Å²) in [6, 6.07) is 0. The van der Waals surface area contributed by atoms with Crippen molar-refractivity contribution >= 4 is 6.29 Å². The predicted molar refractivity (Wildman–Crippen MR) is 54.2 cm³/mol. The number of carbonyl (C=O) groups excluding carboxylic acids is 1. The fraction of sp³-hybridized carbons (Fsp3) is 0.583. The van der Waals surface area contributed by atoms with Crippen LogP contribution in [0.3, 0.4) is 0 Å². The molecule has 1 rings (SSSR count). The van der Waals surface area contributed by atoms with Crippen molar-refractivity contribution in [2.75, 3.05) is 0 Å². The Bertz CT molecular complexity index is 252. The maximum absolute atomic E-state index is 10.2. The van der Waals surface area contributed by atoms with Gasteiger partial charge in [-0.25, -0.2) is 0 Å². The topological polar surface area (TPSA) is 17.1 Å². The van der Waals surface area contributed by atoms with E-state index in [-0.39, 0.29) is 5.92 Å². The average molecular weight is 176 g/mol. The molecule has 0 aromatic carbocycles. The van der Waals surface area contributed by atoms with Crippen LogP contribution >= 0.6 is 0 Å². The van der Waals surface area contributed by atoms with Gasteiger partial charge in [0.15, 0.2) is 0 Å². The van der Waals surface area contributed by atoms with Crippen LogP contribution in [-0.4, -0.2) is 6.29 Å². The summed E-state index contributed by atoms with van der Waals surface area (Å²) >= 11 is 0. The molecule has 0 heterocycles. The summed E-state index contributed by atoms with van der Waals surface area (Å²) in [5.41, 5.74) is 1.27. The van der Waals surface area contributed by atoms with Crippen LogP contribution in [0.2, 0.25) is 0 Å². The monoisotopic (exact) mass is 176 g/mol. The zero-order chi connectivity index (χ0) is 9.52. The van der Waals surface area contributed by atoms with E-state index in [0.29, 0.717) is 6.42 Å². The molecule has 0 bridgehead atoms. The van der Waals surface area contributed by atoms with Crippen LogP contribution in [0.1, 0.15) is 39.0 Å². The lowest BCUT2D eigenvalue weighted by atomic mass is 9.99. The Morgan fingerprint density at radius 2 is 2.46 bits per heavy atom. The molecule has 0 spiro atoms. The van der Waals surface area contributed by atoms with Crippen molar-refractivity contribution in [3.05, 3.63) is 11.6 Å². The van der Waals surface area contributed by atoms with Gasteiger partial charge in [-0.2, -0.15) is 0 Å². The first-order chi connectivity index (χ1) is 6.33. The number of allylic oxidation sites excluding steroid dienone is 2. The highest BCUT2D eigenvalue weighted by atomic mass is 16.1. The molecule has 0 amide bonds. The summed E-state index contributed by atoms with van der Waals surface area (Å²) in [7, 11) is 0. The van der Waals surface area contributed by atoms with Gasteiger partial charge in [-0.3, -0.25) is 0 Å². The number of hydrogen-bond acceptors (Lipinski definition) is 1. The lowest BCUT2D eigenvalue weighted by molar-refractivity contribution is -0.108. The van der Waals surface area contributed by atoms with Gasteiger partial charge in [-0.1, -0.05) is 24.8 Å². The summed E-state index contributed by atoms with van der Waals surface area (Å²) < 4.78 is 0. The smallest absolute Gasteiger partial charge is 0.121 e. The molecule has 1 aliphatic carbocycles. The molecule has 1 aliphatic rings. The lowest BCUT2D eigenvalue weighted by Gasteiger charge is -2.06. The van der Waals surface area contributed by atoms with Crippen LogP contribution in [0.5, 0.6) is 0 Å². The molecule has 1 atom stereocenters. The summed E-state index contributed by atoms with van der Waals surface area (Å²) in [4.78, 5) is 10.2. The molecule has 0 radical (unpaired) electrons. The Morgan fingerprint density at radius 1 is 1.62 bits per heavy atom. The largest absolute Gasteiger partial charge is 0.303 e. The second kappa shape index (κ2) is 5.59. The predicted octanol–water partition coefficient (Wildman–Crippen LogP) is 2.72. The highest BCUT2D eigenvalue weighted by Gasteiger charge is 2.00. The van der Waals surface area contributed by atoms with Gasteiger partial charge in [0.05, 0.1) is 0 Å². The van der Waals surface area contributed by atoms with Crippen molar-refractivity contribution < 1.29 is 4.79 Å². The molecule has 0 fully saturated rings. The van der Waals surface area contributed by atoms with Crippen LogP contribution in [0.15, 0.2) is 11.6 Å². The van der Waals surface area contributed by atoms with E-state index >= 15 is 0 Å². The summed E-state index contributed by atoms with van der Waals surface area (Å²) in [6.45, 7) is 1.99. The summed E-state index contributed by atoms with van der Waals surface area (Å²) in [5.74, 6) is 6.47. The molecule has 0 saturated carbocycles. The highest BCUT2D eigenvalue weighted by molar-refractivity contribution is 5.50. The van der Waals surface area contributed by atoms with Gasteiger partial charge in [0, 0.05) is 12.3 Å². The SMILES string of the molecule is CC(C#CC1=CCCCC1)CC=O. The molecule has 0 saturated heterocycles. The van der Waals surface area contributed by atoms with Gasteiger partial charge in [-0.05, 0) is 31.3 Å². The molecule has 1 unspecified atom stereocenters. The molecular weight excluding hydrogens is 160 g/mol. The maximum Gasteiger partial charge on any atom is 0.121 e. The third-order valence-corrected chi connectivity index (χ3v) is 2.22. The Balaban J connectivity index is 2.44. The molecule has 1 nitrogen and oxygen atoms in total. The van der Waals surface area contributed by atoms with Crippen molar-refractivity contribution in [3.63, 3.8) is 0 Å². The normalized spacial score (nSPS) is 18.1. The molecule has 0 aromatic heterocycles. The zero-order valence-electron chi connectivity index (χ0n) is 8.18. The fourth-order valence-electron chi connectivity index (χ4n) is 1.37.